The zero-order valence-corrected chi connectivity index (χ0v) is 7.61. The van der Waals surface area contributed by atoms with Crippen molar-refractivity contribution in [2.45, 2.75) is 12.2 Å². The van der Waals surface area contributed by atoms with E-state index in [1.807, 2.05) is 0 Å². The number of nitriles is 1. The van der Waals surface area contributed by atoms with Crippen LogP contribution in [0.1, 0.15) is 11.7 Å². The Morgan fingerprint density at radius 1 is 1.57 bits per heavy atom. The molecule has 0 aliphatic carbocycles. The van der Waals surface area contributed by atoms with E-state index in [1.165, 1.54) is 6.07 Å². The van der Waals surface area contributed by atoms with Crippen molar-refractivity contribution in [1.82, 2.24) is 4.98 Å². The number of pyridine rings is 1. The number of aromatic nitrogens is 1. The van der Waals surface area contributed by atoms with Crippen LogP contribution >= 0.6 is 11.6 Å². The van der Waals surface area contributed by atoms with Gasteiger partial charge in [0.2, 0.25) is 5.95 Å². The Kier molecular flexibility index (Phi) is 3.36. The summed E-state index contributed by atoms with van der Waals surface area (Å²) in [5.41, 5.74) is -0.299. The summed E-state index contributed by atoms with van der Waals surface area (Å²) in [5.74, 6) is -0.962. The van der Waals surface area contributed by atoms with Gasteiger partial charge in [0, 0.05) is 11.8 Å². The molecule has 0 fully saturated rings. The molecule has 0 spiro atoms. The highest BCUT2D eigenvalue weighted by molar-refractivity contribution is 6.30. The van der Waals surface area contributed by atoms with E-state index in [-0.39, 0.29) is 10.6 Å². The average molecular weight is 217 g/mol. The first-order chi connectivity index (χ1) is 6.56. The maximum atomic E-state index is 13.0. The van der Waals surface area contributed by atoms with Crippen LogP contribution in [0.5, 0.6) is 0 Å². The SMILES string of the molecule is N#CC(O)C(O)c1cc(Cl)cnc1F. The van der Waals surface area contributed by atoms with E-state index in [9.17, 15) is 9.50 Å². The van der Waals surface area contributed by atoms with E-state index in [1.54, 1.807) is 0 Å². The van der Waals surface area contributed by atoms with Crippen LogP contribution in [-0.4, -0.2) is 21.3 Å². The summed E-state index contributed by atoms with van der Waals surface area (Å²) in [6.07, 6.45) is -2.29. The van der Waals surface area contributed by atoms with Crippen molar-refractivity contribution in [2.75, 3.05) is 0 Å². The largest absolute Gasteiger partial charge is 0.384 e. The van der Waals surface area contributed by atoms with E-state index in [2.05, 4.69) is 4.98 Å². The average Bonchev–Trinajstić information content (AvgIpc) is 2.19. The number of rotatable bonds is 2. The molecule has 0 aliphatic rings. The van der Waals surface area contributed by atoms with Crippen molar-refractivity contribution >= 4 is 11.6 Å². The first-order valence-electron chi connectivity index (χ1n) is 3.63. The predicted molar refractivity (Wildman–Crippen MR) is 45.8 cm³/mol. The first kappa shape index (κ1) is 10.9. The fourth-order valence-corrected chi connectivity index (χ4v) is 1.05. The Labute approximate surface area is 84.2 Å². The molecule has 4 nitrogen and oxygen atoms in total. The second kappa shape index (κ2) is 4.33. The molecule has 0 saturated carbocycles. The van der Waals surface area contributed by atoms with Crippen LogP contribution in [0.4, 0.5) is 4.39 Å². The molecule has 6 heteroatoms. The summed E-state index contributed by atoms with van der Waals surface area (Å²) >= 11 is 5.50. The van der Waals surface area contributed by atoms with E-state index >= 15 is 0 Å². The molecule has 1 aromatic rings. The summed E-state index contributed by atoms with van der Waals surface area (Å²) in [4.78, 5) is 3.24. The summed E-state index contributed by atoms with van der Waals surface area (Å²) in [6, 6.07) is 2.48. The minimum absolute atomic E-state index is 0.116. The van der Waals surface area contributed by atoms with Crippen LogP contribution in [0.15, 0.2) is 12.3 Å². The van der Waals surface area contributed by atoms with Gasteiger partial charge in [-0.25, -0.2) is 4.98 Å². The number of hydrogen-bond donors (Lipinski definition) is 2. The zero-order valence-electron chi connectivity index (χ0n) is 6.85. The Morgan fingerprint density at radius 2 is 2.21 bits per heavy atom. The molecule has 2 unspecified atom stereocenters. The lowest BCUT2D eigenvalue weighted by atomic mass is 10.1. The Balaban J connectivity index is 3.07. The van der Waals surface area contributed by atoms with Crippen molar-refractivity contribution in [1.29, 1.82) is 5.26 Å². The van der Waals surface area contributed by atoms with Gasteiger partial charge in [0.05, 0.1) is 11.1 Å². The molecule has 2 atom stereocenters. The fourth-order valence-electron chi connectivity index (χ4n) is 0.886. The van der Waals surface area contributed by atoms with Gasteiger partial charge in [-0.05, 0) is 6.07 Å². The lowest BCUT2D eigenvalue weighted by Crippen LogP contribution is -2.17. The lowest BCUT2D eigenvalue weighted by molar-refractivity contribution is 0.0498. The standard InChI is InChI=1S/C8H6ClFN2O2/c9-4-1-5(8(10)12-3-4)7(14)6(13)2-11/h1,3,6-7,13-14H. The molecular weight excluding hydrogens is 211 g/mol. The van der Waals surface area contributed by atoms with Gasteiger partial charge in [-0.15, -0.1) is 0 Å². The number of aliphatic hydroxyl groups excluding tert-OH is 2. The van der Waals surface area contributed by atoms with Gasteiger partial charge in [0.1, 0.15) is 6.10 Å². The fraction of sp³-hybridized carbons (Fsp3) is 0.250. The van der Waals surface area contributed by atoms with Crippen LogP contribution in [0, 0.1) is 17.3 Å². The van der Waals surface area contributed by atoms with E-state index in [4.69, 9.17) is 22.0 Å². The van der Waals surface area contributed by atoms with Gasteiger partial charge in [0.15, 0.2) is 6.10 Å². The minimum Gasteiger partial charge on any atom is -0.384 e. The van der Waals surface area contributed by atoms with Crippen molar-refractivity contribution in [2.24, 2.45) is 0 Å². The molecule has 2 N–H and O–H groups in total. The molecule has 0 bridgehead atoms. The third-order valence-corrected chi connectivity index (χ3v) is 1.79. The van der Waals surface area contributed by atoms with Crippen molar-refractivity contribution in [3.05, 3.63) is 28.8 Å². The quantitative estimate of drug-likeness (QED) is 0.566. The van der Waals surface area contributed by atoms with Crippen LogP contribution in [0.3, 0.4) is 0 Å². The number of nitrogens with zero attached hydrogens (tertiary/aromatic N) is 2. The highest BCUT2D eigenvalue weighted by atomic mass is 35.5. The maximum Gasteiger partial charge on any atom is 0.218 e. The Hall–Kier alpha value is -1.22. The van der Waals surface area contributed by atoms with Gasteiger partial charge < -0.3 is 10.2 Å². The molecule has 0 aliphatic heterocycles. The van der Waals surface area contributed by atoms with E-state index in [0.717, 1.165) is 12.3 Å². The summed E-state index contributed by atoms with van der Waals surface area (Å²) in [5, 5.41) is 26.6. The summed E-state index contributed by atoms with van der Waals surface area (Å²) in [6.45, 7) is 0. The smallest absolute Gasteiger partial charge is 0.218 e. The minimum atomic E-state index is -1.70. The predicted octanol–water partition coefficient (Wildman–Crippen LogP) is 0.792. The monoisotopic (exact) mass is 216 g/mol. The van der Waals surface area contributed by atoms with Crippen LogP contribution < -0.4 is 0 Å². The molecule has 1 aromatic heterocycles. The number of halogens is 2. The summed E-state index contributed by atoms with van der Waals surface area (Å²) in [7, 11) is 0. The van der Waals surface area contributed by atoms with E-state index in [0.29, 0.717) is 0 Å². The molecule has 0 radical (unpaired) electrons. The highest BCUT2D eigenvalue weighted by Gasteiger charge is 2.22. The molecule has 74 valence electrons. The molecule has 0 saturated heterocycles. The Morgan fingerprint density at radius 3 is 2.79 bits per heavy atom. The van der Waals surface area contributed by atoms with Gasteiger partial charge in [-0.1, -0.05) is 11.6 Å². The van der Waals surface area contributed by atoms with Gasteiger partial charge in [0.25, 0.3) is 0 Å². The van der Waals surface area contributed by atoms with E-state index < -0.39 is 18.2 Å². The Bertz CT molecular complexity index is 380. The topological polar surface area (TPSA) is 77.1 Å². The van der Waals surface area contributed by atoms with Crippen molar-refractivity contribution in [3.8, 4) is 6.07 Å². The number of aliphatic hydroxyl groups is 2. The van der Waals surface area contributed by atoms with Crippen molar-refractivity contribution < 1.29 is 14.6 Å². The third-order valence-electron chi connectivity index (χ3n) is 1.58. The molecular formula is C8H6ClFN2O2. The van der Waals surface area contributed by atoms with Gasteiger partial charge in [-0.2, -0.15) is 9.65 Å². The van der Waals surface area contributed by atoms with Gasteiger partial charge in [-0.3, -0.25) is 0 Å². The molecule has 0 aromatic carbocycles. The second-order valence-electron chi connectivity index (χ2n) is 2.55. The molecule has 14 heavy (non-hydrogen) atoms. The second-order valence-corrected chi connectivity index (χ2v) is 2.99. The van der Waals surface area contributed by atoms with Crippen LogP contribution in [0.2, 0.25) is 5.02 Å². The number of hydrogen-bond acceptors (Lipinski definition) is 4. The molecule has 1 rings (SSSR count). The van der Waals surface area contributed by atoms with Crippen LogP contribution in [-0.2, 0) is 0 Å². The molecule has 0 amide bonds. The molecule has 1 heterocycles. The highest BCUT2D eigenvalue weighted by Crippen LogP contribution is 2.21. The maximum absolute atomic E-state index is 13.0. The van der Waals surface area contributed by atoms with Crippen LogP contribution in [0.25, 0.3) is 0 Å². The van der Waals surface area contributed by atoms with Crippen molar-refractivity contribution in [3.63, 3.8) is 0 Å². The summed E-state index contributed by atoms with van der Waals surface area (Å²) < 4.78 is 13.0. The third kappa shape index (κ3) is 2.17. The van der Waals surface area contributed by atoms with Gasteiger partial charge >= 0.3 is 0 Å². The zero-order chi connectivity index (χ0) is 10.7. The lowest BCUT2D eigenvalue weighted by Gasteiger charge is -2.12. The first-order valence-corrected chi connectivity index (χ1v) is 4.00. The normalized spacial score (nSPS) is 14.5.